The second-order valence-corrected chi connectivity index (χ2v) is 6.67. The van der Waals surface area contributed by atoms with Crippen LogP contribution in [0.3, 0.4) is 0 Å². The lowest BCUT2D eigenvalue weighted by molar-refractivity contribution is -0.134. The fraction of sp³-hybridized carbons (Fsp3) is 0.462. The zero-order valence-electron chi connectivity index (χ0n) is 11.1. The van der Waals surface area contributed by atoms with Gasteiger partial charge < -0.3 is 10.4 Å². The van der Waals surface area contributed by atoms with Gasteiger partial charge in [0, 0.05) is 18.8 Å². The molecule has 1 aliphatic heterocycles. The maximum absolute atomic E-state index is 12.4. The van der Waals surface area contributed by atoms with E-state index in [4.69, 9.17) is 5.11 Å². The largest absolute Gasteiger partial charge is 0.480 e. The zero-order chi connectivity index (χ0) is 14.6. The molecule has 1 fully saturated rings. The van der Waals surface area contributed by atoms with Gasteiger partial charge in [-0.15, -0.1) is 0 Å². The van der Waals surface area contributed by atoms with E-state index in [1.807, 2.05) is 0 Å². The molecule has 0 aromatic heterocycles. The Kier molecular flexibility index (Phi) is 4.61. The van der Waals surface area contributed by atoms with Crippen molar-refractivity contribution in [2.45, 2.75) is 24.2 Å². The van der Waals surface area contributed by atoms with Crippen LogP contribution in [0.25, 0.3) is 0 Å². The Morgan fingerprint density at radius 1 is 1.15 bits per heavy atom. The van der Waals surface area contributed by atoms with Gasteiger partial charge in [0.2, 0.25) is 10.0 Å². The van der Waals surface area contributed by atoms with E-state index >= 15 is 0 Å². The Morgan fingerprint density at radius 2 is 1.75 bits per heavy atom. The number of sulfonamides is 1. The average Bonchev–Trinajstić information content (AvgIpc) is 2.46. The summed E-state index contributed by atoms with van der Waals surface area (Å²) in [5, 5.41) is 11.3. The minimum atomic E-state index is -3.42. The van der Waals surface area contributed by atoms with Gasteiger partial charge in [-0.05, 0) is 37.1 Å². The van der Waals surface area contributed by atoms with Crippen LogP contribution in [0.15, 0.2) is 29.2 Å². The van der Waals surface area contributed by atoms with Crippen molar-refractivity contribution in [1.82, 2.24) is 4.31 Å². The molecular weight excluding hydrogens is 280 g/mol. The molecule has 0 amide bonds. The highest BCUT2D eigenvalue weighted by molar-refractivity contribution is 7.89. The van der Waals surface area contributed by atoms with Crippen LogP contribution in [-0.2, 0) is 14.8 Å². The molecule has 1 aliphatic rings. The molecule has 6 nitrogen and oxygen atoms in total. The number of anilines is 1. The van der Waals surface area contributed by atoms with Crippen molar-refractivity contribution < 1.29 is 18.3 Å². The summed E-state index contributed by atoms with van der Waals surface area (Å²) in [4.78, 5) is 10.7. The standard InChI is InChI=1S/C13H18N2O4S/c16-13(17)10-14-11-4-6-12(7-5-11)20(18,19)15-8-2-1-3-9-15/h4-7,14H,1-3,8-10H2,(H,16,17). The fourth-order valence-electron chi connectivity index (χ4n) is 2.18. The van der Waals surface area contributed by atoms with Crippen LogP contribution in [0.1, 0.15) is 19.3 Å². The van der Waals surface area contributed by atoms with Crippen molar-refractivity contribution in [3.05, 3.63) is 24.3 Å². The number of hydrogen-bond acceptors (Lipinski definition) is 4. The van der Waals surface area contributed by atoms with E-state index < -0.39 is 16.0 Å². The second-order valence-electron chi connectivity index (χ2n) is 4.74. The van der Waals surface area contributed by atoms with Crippen molar-refractivity contribution in [1.29, 1.82) is 0 Å². The smallest absolute Gasteiger partial charge is 0.322 e. The van der Waals surface area contributed by atoms with Crippen LogP contribution in [0.4, 0.5) is 5.69 Å². The number of nitrogens with one attached hydrogen (secondary N) is 1. The van der Waals surface area contributed by atoms with Gasteiger partial charge in [-0.25, -0.2) is 8.42 Å². The van der Waals surface area contributed by atoms with Crippen LogP contribution >= 0.6 is 0 Å². The summed E-state index contributed by atoms with van der Waals surface area (Å²) in [6.45, 7) is 0.945. The predicted octanol–water partition coefficient (Wildman–Crippen LogP) is 1.36. The Morgan fingerprint density at radius 3 is 2.30 bits per heavy atom. The monoisotopic (exact) mass is 298 g/mol. The van der Waals surface area contributed by atoms with E-state index in [1.165, 1.54) is 16.4 Å². The first-order valence-electron chi connectivity index (χ1n) is 6.56. The lowest BCUT2D eigenvalue weighted by Crippen LogP contribution is -2.35. The molecule has 0 atom stereocenters. The third-order valence-electron chi connectivity index (χ3n) is 3.25. The third kappa shape index (κ3) is 3.49. The fourth-order valence-corrected chi connectivity index (χ4v) is 3.69. The Hall–Kier alpha value is -1.60. The van der Waals surface area contributed by atoms with Gasteiger partial charge in [0.25, 0.3) is 0 Å². The van der Waals surface area contributed by atoms with E-state index in [9.17, 15) is 13.2 Å². The van der Waals surface area contributed by atoms with Crippen LogP contribution in [0.2, 0.25) is 0 Å². The van der Waals surface area contributed by atoms with E-state index in [-0.39, 0.29) is 11.4 Å². The predicted molar refractivity (Wildman–Crippen MR) is 75.2 cm³/mol. The van der Waals surface area contributed by atoms with E-state index in [0.717, 1.165) is 19.3 Å². The molecule has 0 aliphatic carbocycles. The maximum Gasteiger partial charge on any atom is 0.322 e. The van der Waals surface area contributed by atoms with Crippen LogP contribution < -0.4 is 5.32 Å². The number of carboxylic acid groups (broad SMARTS) is 1. The van der Waals surface area contributed by atoms with Gasteiger partial charge in [0.1, 0.15) is 6.54 Å². The number of aliphatic carboxylic acids is 1. The quantitative estimate of drug-likeness (QED) is 0.857. The topological polar surface area (TPSA) is 86.7 Å². The van der Waals surface area contributed by atoms with Gasteiger partial charge in [-0.2, -0.15) is 4.31 Å². The summed E-state index contributed by atoms with van der Waals surface area (Å²) in [5.74, 6) is -0.963. The van der Waals surface area contributed by atoms with Crippen molar-refractivity contribution >= 4 is 21.7 Å². The molecule has 0 radical (unpaired) electrons. The molecule has 1 saturated heterocycles. The first-order valence-corrected chi connectivity index (χ1v) is 8.00. The number of piperidine rings is 1. The normalized spacial score (nSPS) is 16.8. The Bertz CT molecular complexity index is 563. The Balaban J connectivity index is 2.10. The number of carbonyl (C=O) groups is 1. The highest BCUT2D eigenvalue weighted by Gasteiger charge is 2.25. The van der Waals surface area contributed by atoms with Crippen molar-refractivity contribution in [2.75, 3.05) is 25.0 Å². The molecule has 110 valence electrons. The van der Waals surface area contributed by atoms with E-state index in [0.29, 0.717) is 18.8 Å². The minimum Gasteiger partial charge on any atom is -0.480 e. The molecule has 0 saturated carbocycles. The molecule has 1 aromatic carbocycles. The molecule has 2 N–H and O–H groups in total. The number of hydrogen-bond donors (Lipinski definition) is 2. The molecule has 0 unspecified atom stereocenters. The molecule has 2 rings (SSSR count). The van der Waals surface area contributed by atoms with Crippen LogP contribution in [-0.4, -0.2) is 43.4 Å². The van der Waals surface area contributed by atoms with Gasteiger partial charge in [0.15, 0.2) is 0 Å². The SMILES string of the molecule is O=C(O)CNc1ccc(S(=O)(=O)N2CCCCC2)cc1. The number of carboxylic acids is 1. The summed E-state index contributed by atoms with van der Waals surface area (Å²) in [6, 6.07) is 6.18. The summed E-state index contributed by atoms with van der Waals surface area (Å²) in [7, 11) is -3.42. The molecule has 7 heteroatoms. The van der Waals surface area contributed by atoms with Crippen molar-refractivity contribution in [3.63, 3.8) is 0 Å². The number of benzene rings is 1. The molecule has 0 spiro atoms. The van der Waals surface area contributed by atoms with Gasteiger partial charge >= 0.3 is 5.97 Å². The van der Waals surface area contributed by atoms with Gasteiger partial charge in [-0.1, -0.05) is 6.42 Å². The molecule has 20 heavy (non-hydrogen) atoms. The second kappa shape index (κ2) is 6.23. The average molecular weight is 298 g/mol. The maximum atomic E-state index is 12.4. The molecular formula is C13H18N2O4S. The summed E-state index contributed by atoms with van der Waals surface area (Å²) < 4.78 is 26.3. The van der Waals surface area contributed by atoms with Crippen molar-refractivity contribution in [3.8, 4) is 0 Å². The lowest BCUT2D eigenvalue weighted by Gasteiger charge is -2.25. The highest BCUT2D eigenvalue weighted by atomic mass is 32.2. The number of nitrogens with zero attached hydrogens (tertiary/aromatic N) is 1. The van der Waals surface area contributed by atoms with E-state index in [2.05, 4.69) is 5.32 Å². The minimum absolute atomic E-state index is 0.196. The molecule has 0 bridgehead atoms. The summed E-state index contributed by atoms with van der Waals surface area (Å²) in [5.41, 5.74) is 0.588. The number of rotatable bonds is 5. The lowest BCUT2D eigenvalue weighted by atomic mass is 10.2. The van der Waals surface area contributed by atoms with Crippen molar-refractivity contribution in [2.24, 2.45) is 0 Å². The third-order valence-corrected chi connectivity index (χ3v) is 5.16. The van der Waals surface area contributed by atoms with Gasteiger partial charge in [-0.3, -0.25) is 4.79 Å². The van der Waals surface area contributed by atoms with Gasteiger partial charge in [0.05, 0.1) is 4.90 Å². The summed E-state index contributed by atoms with van der Waals surface area (Å²) in [6.07, 6.45) is 2.87. The highest BCUT2D eigenvalue weighted by Crippen LogP contribution is 2.21. The molecule has 1 heterocycles. The van der Waals surface area contributed by atoms with Crippen LogP contribution in [0, 0.1) is 0 Å². The zero-order valence-corrected chi connectivity index (χ0v) is 11.9. The Labute approximate surface area is 118 Å². The first-order chi connectivity index (χ1) is 9.50. The van der Waals surface area contributed by atoms with Crippen LogP contribution in [0.5, 0.6) is 0 Å². The first kappa shape index (κ1) is 14.8. The summed E-state index contributed by atoms with van der Waals surface area (Å²) >= 11 is 0. The molecule has 1 aromatic rings. The van der Waals surface area contributed by atoms with E-state index in [1.54, 1.807) is 12.1 Å².